The minimum atomic E-state index is -0.461. The van der Waals surface area contributed by atoms with Crippen LogP contribution in [0.15, 0.2) is 42.5 Å². The third-order valence-corrected chi connectivity index (χ3v) is 7.10. The number of nitrogens with two attached hydrogens (primary N) is 1. The average molecular weight is 456 g/mol. The molecule has 1 saturated heterocycles. The summed E-state index contributed by atoms with van der Waals surface area (Å²) in [4.78, 5) is 29.1. The molecular weight excluding hydrogens is 426 g/mol. The fourth-order valence-corrected chi connectivity index (χ4v) is 5.03. The fraction of sp³-hybridized carbons (Fsp3) is 0.440. The molecule has 0 unspecified atom stereocenters. The lowest BCUT2D eigenvalue weighted by Gasteiger charge is -2.45. The van der Waals surface area contributed by atoms with E-state index >= 15 is 0 Å². The maximum Gasteiger partial charge on any atom is 0.254 e. The van der Waals surface area contributed by atoms with Gasteiger partial charge in [-0.15, -0.1) is 12.4 Å². The zero-order valence-corrected chi connectivity index (χ0v) is 19.0. The van der Waals surface area contributed by atoms with Crippen LogP contribution in [0.1, 0.15) is 58.4 Å². The van der Waals surface area contributed by atoms with E-state index in [1.54, 1.807) is 24.3 Å². The standard InChI is InChI=1S/C25H29N3O3.ClH/c26-24(29)17-4-6-21(7-5-17)31-22-8-9-23-18(16-22)10-15-28(25(23)30)20-11-13-27(14-12-20)19-2-1-3-19;/h4-9,16,19-20H,1-3,10-15H2,(H2,26,29);1H. The van der Waals surface area contributed by atoms with Gasteiger partial charge in [0.2, 0.25) is 5.91 Å². The summed E-state index contributed by atoms with van der Waals surface area (Å²) < 4.78 is 5.93. The van der Waals surface area contributed by atoms with E-state index in [-0.39, 0.29) is 18.3 Å². The summed E-state index contributed by atoms with van der Waals surface area (Å²) in [6, 6.07) is 13.6. The molecule has 0 aromatic heterocycles. The minimum Gasteiger partial charge on any atom is -0.457 e. The van der Waals surface area contributed by atoms with Crippen molar-refractivity contribution in [2.75, 3.05) is 19.6 Å². The first-order valence-corrected chi connectivity index (χ1v) is 11.3. The van der Waals surface area contributed by atoms with Crippen molar-refractivity contribution in [2.24, 2.45) is 5.73 Å². The number of nitrogens with zero attached hydrogens (tertiary/aromatic N) is 2. The molecule has 2 aromatic carbocycles. The highest BCUT2D eigenvalue weighted by atomic mass is 35.5. The number of piperidine rings is 1. The van der Waals surface area contributed by atoms with Gasteiger partial charge in [-0.3, -0.25) is 9.59 Å². The van der Waals surface area contributed by atoms with Crippen LogP contribution < -0.4 is 10.5 Å². The molecule has 0 bridgehead atoms. The van der Waals surface area contributed by atoms with E-state index in [9.17, 15) is 9.59 Å². The molecule has 7 heteroatoms. The highest BCUT2D eigenvalue weighted by Crippen LogP contribution is 2.32. The predicted molar refractivity (Wildman–Crippen MR) is 126 cm³/mol. The van der Waals surface area contributed by atoms with Crippen molar-refractivity contribution in [3.8, 4) is 11.5 Å². The van der Waals surface area contributed by atoms with Gasteiger partial charge >= 0.3 is 0 Å². The summed E-state index contributed by atoms with van der Waals surface area (Å²) in [6.45, 7) is 3.01. The predicted octanol–water partition coefficient (Wildman–Crippen LogP) is 4.01. The van der Waals surface area contributed by atoms with Crippen molar-refractivity contribution in [1.29, 1.82) is 0 Å². The van der Waals surface area contributed by atoms with Gasteiger partial charge in [-0.2, -0.15) is 0 Å². The Morgan fingerprint density at radius 3 is 2.22 bits per heavy atom. The summed E-state index contributed by atoms with van der Waals surface area (Å²) in [6.07, 6.45) is 7.08. The topological polar surface area (TPSA) is 75.9 Å². The third-order valence-electron chi connectivity index (χ3n) is 7.10. The Balaban J connectivity index is 0.00000245. The molecule has 5 rings (SSSR count). The first kappa shape index (κ1) is 22.6. The molecule has 1 saturated carbocycles. The maximum absolute atomic E-state index is 13.2. The molecule has 0 spiro atoms. The molecule has 170 valence electrons. The Bertz CT molecular complexity index is 982. The monoisotopic (exact) mass is 455 g/mol. The first-order chi connectivity index (χ1) is 15.1. The molecule has 2 amide bonds. The van der Waals surface area contributed by atoms with Crippen LogP contribution >= 0.6 is 12.4 Å². The van der Waals surface area contributed by atoms with Crippen molar-refractivity contribution in [3.05, 3.63) is 59.2 Å². The maximum atomic E-state index is 13.2. The first-order valence-electron chi connectivity index (χ1n) is 11.3. The molecular formula is C25H30ClN3O3. The lowest BCUT2D eigenvalue weighted by molar-refractivity contribution is 0.0414. The molecule has 2 heterocycles. The van der Waals surface area contributed by atoms with Gasteiger partial charge in [0.15, 0.2) is 0 Å². The summed E-state index contributed by atoms with van der Waals surface area (Å²) in [5.74, 6) is 1.02. The number of primary amides is 1. The number of likely N-dealkylation sites (tertiary alicyclic amines) is 1. The molecule has 1 aliphatic carbocycles. The molecule has 2 aromatic rings. The van der Waals surface area contributed by atoms with Gasteiger partial charge in [-0.25, -0.2) is 0 Å². The smallest absolute Gasteiger partial charge is 0.254 e. The van der Waals surface area contributed by atoms with Gasteiger partial charge in [0.1, 0.15) is 11.5 Å². The van der Waals surface area contributed by atoms with E-state index in [0.29, 0.717) is 23.1 Å². The van der Waals surface area contributed by atoms with E-state index in [2.05, 4.69) is 9.80 Å². The van der Waals surface area contributed by atoms with Gasteiger partial charge in [-0.1, -0.05) is 6.42 Å². The van der Waals surface area contributed by atoms with Crippen LogP contribution in [0.4, 0.5) is 0 Å². The highest BCUT2D eigenvalue weighted by Gasteiger charge is 2.34. The Kier molecular flexibility index (Phi) is 6.72. The van der Waals surface area contributed by atoms with E-state index < -0.39 is 5.91 Å². The number of hydrogen-bond donors (Lipinski definition) is 1. The lowest BCUT2D eigenvalue weighted by atomic mass is 9.88. The number of carbonyl (C=O) groups excluding carboxylic acids is 2. The second kappa shape index (κ2) is 9.51. The molecule has 2 aliphatic heterocycles. The number of ether oxygens (including phenoxy) is 1. The molecule has 3 aliphatic rings. The largest absolute Gasteiger partial charge is 0.457 e. The van der Waals surface area contributed by atoms with E-state index in [4.69, 9.17) is 10.5 Å². The highest BCUT2D eigenvalue weighted by molar-refractivity contribution is 5.97. The molecule has 2 fully saturated rings. The van der Waals surface area contributed by atoms with Gasteiger partial charge in [0.05, 0.1) is 0 Å². The average Bonchev–Trinajstić information content (AvgIpc) is 2.74. The molecule has 0 radical (unpaired) electrons. The van der Waals surface area contributed by atoms with Crippen molar-refractivity contribution >= 4 is 24.2 Å². The van der Waals surface area contributed by atoms with Crippen LogP contribution in [-0.4, -0.2) is 53.3 Å². The number of fused-ring (bicyclic) bond motifs is 1. The third kappa shape index (κ3) is 4.48. The molecule has 32 heavy (non-hydrogen) atoms. The van der Waals surface area contributed by atoms with E-state index in [0.717, 1.165) is 56.1 Å². The number of amides is 2. The summed E-state index contributed by atoms with van der Waals surface area (Å²) >= 11 is 0. The summed E-state index contributed by atoms with van der Waals surface area (Å²) in [5, 5.41) is 0. The number of hydrogen-bond acceptors (Lipinski definition) is 4. The van der Waals surface area contributed by atoms with Gasteiger partial charge in [0.25, 0.3) is 5.91 Å². The number of carbonyl (C=O) groups is 2. The lowest BCUT2D eigenvalue weighted by Crippen LogP contribution is -2.52. The van der Waals surface area contributed by atoms with Gasteiger partial charge in [0, 0.05) is 42.8 Å². The van der Waals surface area contributed by atoms with Crippen LogP contribution in [0, 0.1) is 0 Å². The Morgan fingerprint density at radius 2 is 1.59 bits per heavy atom. The number of benzene rings is 2. The van der Waals surface area contributed by atoms with Crippen molar-refractivity contribution in [1.82, 2.24) is 9.80 Å². The van der Waals surface area contributed by atoms with Crippen LogP contribution in [0.25, 0.3) is 0 Å². The fourth-order valence-electron chi connectivity index (χ4n) is 5.03. The number of rotatable bonds is 5. The second-order valence-corrected chi connectivity index (χ2v) is 8.91. The molecule has 0 atom stereocenters. The summed E-state index contributed by atoms with van der Waals surface area (Å²) in [5.41, 5.74) is 7.56. The van der Waals surface area contributed by atoms with Crippen LogP contribution in [0.2, 0.25) is 0 Å². The van der Waals surface area contributed by atoms with E-state index in [1.807, 2.05) is 18.2 Å². The summed E-state index contributed by atoms with van der Waals surface area (Å²) in [7, 11) is 0. The Morgan fingerprint density at radius 1 is 0.906 bits per heavy atom. The Labute approximate surface area is 195 Å². The minimum absolute atomic E-state index is 0. The van der Waals surface area contributed by atoms with E-state index in [1.165, 1.54) is 19.3 Å². The quantitative estimate of drug-likeness (QED) is 0.738. The molecule has 6 nitrogen and oxygen atoms in total. The molecule has 2 N–H and O–H groups in total. The normalized spacial score (nSPS) is 19.6. The number of halogens is 1. The van der Waals surface area contributed by atoms with Gasteiger partial charge in [-0.05, 0) is 80.1 Å². The Hall–Kier alpha value is -2.57. The zero-order chi connectivity index (χ0) is 21.4. The van der Waals surface area contributed by atoms with Crippen molar-refractivity contribution in [3.63, 3.8) is 0 Å². The SMILES string of the molecule is Cl.NC(=O)c1ccc(Oc2ccc3c(c2)CCN(C2CCN(C4CCC4)CC2)C3=O)cc1. The van der Waals surface area contributed by atoms with Gasteiger partial charge < -0.3 is 20.3 Å². The zero-order valence-electron chi connectivity index (χ0n) is 18.2. The second-order valence-electron chi connectivity index (χ2n) is 8.91. The van der Waals surface area contributed by atoms with Crippen molar-refractivity contribution < 1.29 is 14.3 Å². The van der Waals surface area contributed by atoms with Crippen molar-refractivity contribution in [2.45, 2.75) is 50.6 Å². The van der Waals surface area contributed by atoms with Crippen LogP contribution in [0.5, 0.6) is 11.5 Å². The van der Waals surface area contributed by atoms with Crippen LogP contribution in [0.3, 0.4) is 0 Å². The van der Waals surface area contributed by atoms with Crippen LogP contribution in [-0.2, 0) is 6.42 Å².